The Morgan fingerprint density at radius 2 is 1.64 bits per heavy atom. The summed E-state index contributed by atoms with van der Waals surface area (Å²) < 4.78 is 40.1. The second-order valence-corrected chi connectivity index (χ2v) is 9.36. The van der Waals surface area contributed by atoms with Gasteiger partial charge in [0.25, 0.3) is 5.91 Å². The first-order valence-corrected chi connectivity index (χ1v) is 10.9. The fourth-order valence-corrected chi connectivity index (χ4v) is 5.08. The molecule has 0 aliphatic carbocycles. The van der Waals surface area contributed by atoms with E-state index in [1.807, 2.05) is 12.1 Å². The molecular weight excluding hydrogens is 403 g/mol. The fraction of sp³-hybridized carbons (Fsp3) is 0.350. The highest BCUT2D eigenvalue weighted by Gasteiger charge is 2.31. The Morgan fingerprint density at radius 3 is 2.18 bits per heavy atom. The summed E-state index contributed by atoms with van der Waals surface area (Å²) in [6.45, 7) is 5.05. The number of rotatable bonds is 4. The molecule has 0 aromatic heterocycles. The summed E-state index contributed by atoms with van der Waals surface area (Å²) in [6.07, 6.45) is 0. The van der Waals surface area contributed by atoms with Crippen LogP contribution in [0.4, 0.5) is 4.39 Å². The van der Waals surface area contributed by atoms with Crippen molar-refractivity contribution in [3.05, 3.63) is 64.4 Å². The van der Waals surface area contributed by atoms with Crippen LogP contribution in [0.5, 0.6) is 0 Å². The lowest BCUT2D eigenvalue weighted by molar-refractivity contribution is 0.0698. The third kappa shape index (κ3) is 4.21. The molecule has 0 radical (unpaired) electrons. The van der Waals surface area contributed by atoms with Gasteiger partial charge in [-0.05, 0) is 41.8 Å². The van der Waals surface area contributed by atoms with E-state index >= 15 is 0 Å². The number of piperazine rings is 1. The molecule has 28 heavy (non-hydrogen) atoms. The van der Waals surface area contributed by atoms with Gasteiger partial charge in [-0.15, -0.1) is 0 Å². The second-order valence-electron chi connectivity index (χ2n) is 7.05. The minimum atomic E-state index is -3.84. The van der Waals surface area contributed by atoms with Gasteiger partial charge in [-0.1, -0.05) is 37.6 Å². The summed E-state index contributed by atoms with van der Waals surface area (Å²) in [6, 6.07) is 10.7. The molecule has 1 amide bonds. The van der Waals surface area contributed by atoms with Crippen LogP contribution in [0.25, 0.3) is 0 Å². The van der Waals surface area contributed by atoms with Gasteiger partial charge in [-0.25, -0.2) is 12.8 Å². The molecule has 1 fully saturated rings. The third-order valence-corrected chi connectivity index (χ3v) is 7.24. The van der Waals surface area contributed by atoms with Gasteiger partial charge < -0.3 is 4.90 Å². The molecule has 2 aromatic rings. The van der Waals surface area contributed by atoms with E-state index in [1.165, 1.54) is 10.4 Å². The highest BCUT2D eigenvalue weighted by atomic mass is 35.5. The maximum absolute atomic E-state index is 13.2. The Kier molecular flexibility index (Phi) is 6.07. The van der Waals surface area contributed by atoms with Crippen LogP contribution in [0.3, 0.4) is 0 Å². The Bertz CT molecular complexity index is 969. The molecule has 1 saturated heterocycles. The van der Waals surface area contributed by atoms with E-state index in [0.717, 1.165) is 17.7 Å². The molecule has 0 atom stereocenters. The van der Waals surface area contributed by atoms with Crippen LogP contribution in [0, 0.1) is 5.82 Å². The van der Waals surface area contributed by atoms with Crippen molar-refractivity contribution >= 4 is 27.5 Å². The van der Waals surface area contributed by atoms with Gasteiger partial charge in [0.05, 0.1) is 5.02 Å². The van der Waals surface area contributed by atoms with Crippen molar-refractivity contribution in [3.63, 3.8) is 0 Å². The zero-order valence-electron chi connectivity index (χ0n) is 15.7. The first kappa shape index (κ1) is 20.8. The Hall–Kier alpha value is -1.96. The zero-order valence-corrected chi connectivity index (χ0v) is 17.3. The molecule has 5 nitrogen and oxygen atoms in total. The molecule has 0 bridgehead atoms. The Labute approximate surface area is 169 Å². The monoisotopic (exact) mass is 424 g/mol. The highest BCUT2D eigenvalue weighted by Crippen LogP contribution is 2.26. The summed E-state index contributed by atoms with van der Waals surface area (Å²) in [4.78, 5) is 14.2. The van der Waals surface area contributed by atoms with Crippen molar-refractivity contribution in [1.82, 2.24) is 9.21 Å². The Morgan fingerprint density at radius 1 is 1.04 bits per heavy atom. The average Bonchev–Trinajstić information content (AvgIpc) is 2.67. The van der Waals surface area contributed by atoms with E-state index in [1.54, 1.807) is 17.0 Å². The van der Waals surface area contributed by atoms with Crippen LogP contribution < -0.4 is 0 Å². The van der Waals surface area contributed by atoms with Crippen molar-refractivity contribution in [1.29, 1.82) is 0 Å². The predicted octanol–water partition coefficient (Wildman–Crippen LogP) is 3.75. The maximum Gasteiger partial charge on any atom is 0.253 e. The van der Waals surface area contributed by atoms with Crippen molar-refractivity contribution < 1.29 is 17.6 Å². The molecule has 0 N–H and O–H groups in total. The summed E-state index contributed by atoms with van der Waals surface area (Å²) >= 11 is 5.92. The van der Waals surface area contributed by atoms with Crippen molar-refractivity contribution in [2.75, 3.05) is 26.2 Å². The quantitative estimate of drug-likeness (QED) is 0.751. The normalized spacial score (nSPS) is 15.8. The molecule has 2 aromatic carbocycles. The topological polar surface area (TPSA) is 57.7 Å². The standard InChI is InChI=1S/C20H22ClFN2O3S/c1-14(2)15-3-5-16(6-4-15)20(25)23-9-11-24(12-10-23)28(26,27)19-8-7-17(22)13-18(19)21/h3-8,13-14H,9-12H2,1-2H3. The van der Waals surface area contributed by atoms with Crippen molar-refractivity contribution in [2.45, 2.75) is 24.7 Å². The molecule has 150 valence electrons. The minimum absolute atomic E-state index is 0.118. The van der Waals surface area contributed by atoms with Crippen LogP contribution in [0.15, 0.2) is 47.4 Å². The molecule has 0 saturated carbocycles. The van der Waals surface area contributed by atoms with E-state index < -0.39 is 15.8 Å². The maximum atomic E-state index is 13.2. The predicted molar refractivity (Wildman–Crippen MR) is 107 cm³/mol. The molecule has 1 aliphatic rings. The van der Waals surface area contributed by atoms with Crippen molar-refractivity contribution in [2.24, 2.45) is 0 Å². The molecule has 0 spiro atoms. The number of amides is 1. The SMILES string of the molecule is CC(C)c1ccc(C(=O)N2CCN(S(=O)(=O)c3ccc(F)cc3Cl)CC2)cc1. The third-order valence-electron chi connectivity index (χ3n) is 4.86. The molecule has 1 aliphatic heterocycles. The summed E-state index contributed by atoms with van der Waals surface area (Å²) in [5.74, 6) is -0.328. The van der Waals surface area contributed by atoms with Gasteiger partial charge in [0.15, 0.2) is 0 Å². The van der Waals surface area contributed by atoms with Gasteiger partial charge in [-0.2, -0.15) is 4.31 Å². The van der Waals surface area contributed by atoms with Crippen LogP contribution in [-0.2, 0) is 10.0 Å². The van der Waals surface area contributed by atoms with Crippen LogP contribution in [-0.4, -0.2) is 49.7 Å². The van der Waals surface area contributed by atoms with Gasteiger partial charge in [0.2, 0.25) is 10.0 Å². The number of hydrogen-bond donors (Lipinski definition) is 0. The van der Waals surface area contributed by atoms with Crippen molar-refractivity contribution in [3.8, 4) is 0 Å². The number of carbonyl (C=O) groups excluding carboxylic acids is 1. The molecule has 8 heteroatoms. The number of hydrogen-bond acceptors (Lipinski definition) is 3. The average molecular weight is 425 g/mol. The van der Waals surface area contributed by atoms with Gasteiger partial charge in [-0.3, -0.25) is 4.79 Å². The smallest absolute Gasteiger partial charge is 0.253 e. The lowest BCUT2D eigenvalue weighted by Gasteiger charge is -2.34. The number of nitrogens with zero attached hydrogens (tertiary/aromatic N) is 2. The number of carbonyl (C=O) groups is 1. The summed E-state index contributed by atoms with van der Waals surface area (Å²) in [5, 5.41) is -0.149. The van der Waals surface area contributed by atoms with E-state index in [4.69, 9.17) is 11.6 Å². The van der Waals surface area contributed by atoms with Gasteiger partial charge in [0.1, 0.15) is 10.7 Å². The lowest BCUT2D eigenvalue weighted by atomic mass is 10.0. The van der Waals surface area contributed by atoms with E-state index in [0.29, 0.717) is 11.5 Å². The molecule has 3 rings (SSSR count). The Balaban J connectivity index is 1.69. The first-order chi connectivity index (χ1) is 13.2. The van der Waals surface area contributed by atoms with E-state index in [9.17, 15) is 17.6 Å². The number of sulfonamides is 1. The summed E-state index contributed by atoms with van der Waals surface area (Å²) in [7, 11) is -3.84. The molecule has 1 heterocycles. The first-order valence-electron chi connectivity index (χ1n) is 9.04. The number of halogens is 2. The van der Waals surface area contributed by atoms with E-state index in [-0.39, 0.29) is 42.0 Å². The fourth-order valence-electron chi connectivity index (χ4n) is 3.15. The minimum Gasteiger partial charge on any atom is -0.336 e. The van der Waals surface area contributed by atoms with Crippen LogP contribution in [0.1, 0.15) is 35.7 Å². The zero-order chi connectivity index (χ0) is 20.5. The van der Waals surface area contributed by atoms with Crippen LogP contribution >= 0.6 is 11.6 Å². The summed E-state index contributed by atoms with van der Waals surface area (Å²) in [5.41, 5.74) is 1.74. The van der Waals surface area contributed by atoms with Crippen LogP contribution in [0.2, 0.25) is 5.02 Å². The van der Waals surface area contributed by atoms with E-state index in [2.05, 4.69) is 13.8 Å². The lowest BCUT2D eigenvalue weighted by Crippen LogP contribution is -2.50. The highest BCUT2D eigenvalue weighted by molar-refractivity contribution is 7.89. The largest absolute Gasteiger partial charge is 0.336 e. The number of benzene rings is 2. The molecular formula is C20H22ClFN2O3S. The van der Waals surface area contributed by atoms with Gasteiger partial charge in [0, 0.05) is 31.7 Å². The molecule has 0 unspecified atom stereocenters. The second kappa shape index (κ2) is 8.19. The van der Waals surface area contributed by atoms with Gasteiger partial charge >= 0.3 is 0 Å².